The molecule has 1 aliphatic heterocycles. The molecule has 4 aromatic heterocycles. The zero-order valence-electron chi connectivity index (χ0n) is 21.9. The Morgan fingerprint density at radius 3 is 2.64 bits per heavy atom. The number of fused-ring (bicyclic) bond motifs is 2. The minimum atomic E-state index is -0.0363. The number of amides is 1. The second kappa shape index (κ2) is 10.1. The molecule has 11 heteroatoms. The van der Waals surface area contributed by atoms with Crippen LogP contribution in [0.4, 0.5) is 17.2 Å². The second-order valence-corrected chi connectivity index (χ2v) is 9.61. The van der Waals surface area contributed by atoms with Crippen molar-refractivity contribution in [2.45, 2.75) is 25.8 Å². The fourth-order valence-electron chi connectivity index (χ4n) is 5.07. The van der Waals surface area contributed by atoms with Crippen molar-refractivity contribution in [3.05, 3.63) is 79.7 Å². The van der Waals surface area contributed by atoms with Gasteiger partial charge in [0.15, 0.2) is 11.5 Å². The highest BCUT2D eigenvalue weighted by atomic mass is 16.5. The van der Waals surface area contributed by atoms with Gasteiger partial charge >= 0.3 is 0 Å². The summed E-state index contributed by atoms with van der Waals surface area (Å²) in [5, 5.41) is 12.0. The second-order valence-electron chi connectivity index (χ2n) is 9.61. The number of nitrogens with one attached hydrogen (secondary N) is 1. The molecule has 5 aromatic rings. The van der Waals surface area contributed by atoms with Crippen LogP contribution in [0.25, 0.3) is 11.2 Å². The number of hydrogen-bond acceptors (Lipinski definition) is 8. The number of aromatic nitrogens is 6. The molecule has 1 aliphatic rings. The molecule has 11 nitrogen and oxygen atoms in total. The number of pyridine rings is 1. The summed E-state index contributed by atoms with van der Waals surface area (Å²) in [6, 6.07) is 11.9. The molecule has 1 amide bonds. The molecule has 1 saturated heterocycles. The van der Waals surface area contributed by atoms with Gasteiger partial charge in [0, 0.05) is 50.3 Å². The summed E-state index contributed by atoms with van der Waals surface area (Å²) in [7, 11) is 1.85. The summed E-state index contributed by atoms with van der Waals surface area (Å²) in [6.07, 6.45) is 9.97. The van der Waals surface area contributed by atoms with E-state index in [1.807, 2.05) is 61.2 Å². The standard InChI is InChI=1S/C28H29N9O2/c1-4-26(38)34(3)21-7-11-35(12-8-21)23-10-14-37-27(23)28(30-18-32-37)33-20-5-6-24(19(2)15-20)39-22-9-13-36-25(16-22)29-17-31-36/h4-6,9-10,13-18,21H,1,7-8,11-12H2,2-3H3,(H,30,32,33). The molecule has 0 spiro atoms. The van der Waals surface area contributed by atoms with Crippen molar-refractivity contribution in [3.8, 4) is 11.5 Å². The molecule has 6 rings (SSSR count). The highest BCUT2D eigenvalue weighted by Crippen LogP contribution is 2.33. The number of anilines is 3. The number of ether oxygens (including phenoxy) is 1. The van der Waals surface area contributed by atoms with Crippen LogP contribution >= 0.6 is 0 Å². The van der Waals surface area contributed by atoms with E-state index in [0.29, 0.717) is 5.75 Å². The smallest absolute Gasteiger partial charge is 0.245 e. The minimum absolute atomic E-state index is 0.0363. The third kappa shape index (κ3) is 4.74. The van der Waals surface area contributed by atoms with Crippen LogP contribution < -0.4 is 15.0 Å². The van der Waals surface area contributed by atoms with Gasteiger partial charge in [-0.3, -0.25) is 4.79 Å². The molecule has 198 valence electrons. The molecule has 0 saturated carbocycles. The summed E-state index contributed by atoms with van der Waals surface area (Å²) in [5.74, 6) is 2.13. The number of likely N-dealkylation sites (N-methyl/N-ethyl adjacent to an activating group) is 1. The maximum atomic E-state index is 12.0. The van der Waals surface area contributed by atoms with E-state index in [9.17, 15) is 4.79 Å². The number of carbonyl (C=O) groups is 1. The van der Waals surface area contributed by atoms with Crippen LogP contribution in [0.2, 0.25) is 0 Å². The van der Waals surface area contributed by atoms with Crippen LogP contribution in [0.1, 0.15) is 18.4 Å². The van der Waals surface area contributed by atoms with E-state index in [2.05, 4.69) is 43.0 Å². The zero-order chi connectivity index (χ0) is 26.9. The number of piperidine rings is 1. The van der Waals surface area contributed by atoms with Crippen LogP contribution in [0.15, 0.2) is 74.1 Å². The number of rotatable bonds is 7. The predicted molar refractivity (Wildman–Crippen MR) is 149 cm³/mol. The maximum Gasteiger partial charge on any atom is 0.245 e. The lowest BCUT2D eigenvalue weighted by molar-refractivity contribution is -0.127. The van der Waals surface area contributed by atoms with Crippen molar-refractivity contribution in [2.75, 3.05) is 30.4 Å². The summed E-state index contributed by atoms with van der Waals surface area (Å²) in [6.45, 7) is 7.28. The van der Waals surface area contributed by atoms with E-state index in [-0.39, 0.29) is 11.9 Å². The lowest BCUT2D eigenvalue weighted by Crippen LogP contribution is -2.45. The Morgan fingerprint density at radius 1 is 1.08 bits per heavy atom. The number of hydrogen-bond donors (Lipinski definition) is 1. The Bertz CT molecular complexity index is 1670. The van der Waals surface area contributed by atoms with Crippen LogP contribution in [-0.4, -0.2) is 66.2 Å². The van der Waals surface area contributed by atoms with E-state index >= 15 is 0 Å². The van der Waals surface area contributed by atoms with Crippen molar-refractivity contribution in [3.63, 3.8) is 0 Å². The molecular formula is C28H29N9O2. The van der Waals surface area contributed by atoms with Crippen molar-refractivity contribution >= 4 is 34.3 Å². The number of benzene rings is 1. The third-order valence-electron chi connectivity index (χ3n) is 7.23. The molecule has 1 aromatic carbocycles. The minimum Gasteiger partial charge on any atom is -0.457 e. The Morgan fingerprint density at radius 2 is 1.85 bits per heavy atom. The van der Waals surface area contributed by atoms with E-state index in [1.165, 1.54) is 12.4 Å². The number of nitrogens with zero attached hydrogens (tertiary/aromatic N) is 8. The molecule has 1 N–H and O–H groups in total. The van der Waals surface area contributed by atoms with Gasteiger partial charge in [-0.2, -0.15) is 10.2 Å². The van der Waals surface area contributed by atoms with Gasteiger partial charge in [-0.05, 0) is 61.7 Å². The Balaban J connectivity index is 1.20. The van der Waals surface area contributed by atoms with Gasteiger partial charge in [0.25, 0.3) is 0 Å². The zero-order valence-corrected chi connectivity index (χ0v) is 21.9. The third-order valence-corrected chi connectivity index (χ3v) is 7.23. The van der Waals surface area contributed by atoms with E-state index < -0.39 is 0 Å². The lowest BCUT2D eigenvalue weighted by Gasteiger charge is -2.37. The van der Waals surface area contributed by atoms with Gasteiger partial charge in [-0.25, -0.2) is 19.0 Å². The molecule has 1 fully saturated rings. The topological polar surface area (TPSA) is 105 Å². The highest BCUT2D eigenvalue weighted by molar-refractivity contribution is 5.88. The average Bonchev–Trinajstić information content (AvgIpc) is 3.61. The monoisotopic (exact) mass is 523 g/mol. The van der Waals surface area contributed by atoms with E-state index in [0.717, 1.165) is 65.6 Å². The molecule has 0 atom stereocenters. The first-order valence-electron chi connectivity index (χ1n) is 12.8. The van der Waals surface area contributed by atoms with Crippen molar-refractivity contribution in [2.24, 2.45) is 0 Å². The summed E-state index contributed by atoms with van der Waals surface area (Å²) < 4.78 is 9.65. The molecule has 0 aliphatic carbocycles. The van der Waals surface area contributed by atoms with Crippen LogP contribution in [0.5, 0.6) is 11.5 Å². The average molecular weight is 524 g/mol. The van der Waals surface area contributed by atoms with Gasteiger partial charge in [-0.15, -0.1) is 0 Å². The molecule has 0 bridgehead atoms. The summed E-state index contributed by atoms with van der Waals surface area (Å²) in [5.41, 5.74) is 4.56. The Labute approximate surface area is 225 Å². The van der Waals surface area contributed by atoms with Gasteiger partial charge in [0.2, 0.25) is 5.91 Å². The van der Waals surface area contributed by atoms with Crippen LogP contribution in [0.3, 0.4) is 0 Å². The van der Waals surface area contributed by atoms with Crippen molar-refractivity contribution in [1.29, 1.82) is 0 Å². The van der Waals surface area contributed by atoms with Gasteiger partial charge in [0.05, 0.1) is 5.69 Å². The van der Waals surface area contributed by atoms with Gasteiger partial charge in [0.1, 0.15) is 29.7 Å². The van der Waals surface area contributed by atoms with E-state index in [1.54, 1.807) is 15.7 Å². The first-order chi connectivity index (χ1) is 19.0. The predicted octanol–water partition coefficient (Wildman–Crippen LogP) is 4.23. The number of aryl methyl sites for hydroxylation is 1. The first kappa shape index (κ1) is 24.4. The van der Waals surface area contributed by atoms with Crippen LogP contribution in [0, 0.1) is 6.92 Å². The first-order valence-corrected chi connectivity index (χ1v) is 12.8. The quantitative estimate of drug-likeness (QED) is 0.316. The molecule has 5 heterocycles. The fourth-order valence-corrected chi connectivity index (χ4v) is 5.07. The molecule has 0 unspecified atom stereocenters. The normalized spacial score (nSPS) is 14.1. The van der Waals surface area contributed by atoms with Crippen LogP contribution in [-0.2, 0) is 4.79 Å². The highest BCUT2D eigenvalue weighted by Gasteiger charge is 2.26. The van der Waals surface area contributed by atoms with Gasteiger partial charge < -0.3 is 19.9 Å². The number of carbonyl (C=O) groups excluding carboxylic acids is 1. The maximum absolute atomic E-state index is 12.0. The van der Waals surface area contributed by atoms with Crippen molar-refractivity contribution < 1.29 is 9.53 Å². The largest absolute Gasteiger partial charge is 0.457 e. The van der Waals surface area contributed by atoms with Gasteiger partial charge in [-0.1, -0.05) is 6.58 Å². The summed E-state index contributed by atoms with van der Waals surface area (Å²) in [4.78, 5) is 25.0. The molecule has 0 radical (unpaired) electrons. The Hall–Kier alpha value is -4.93. The molecule has 39 heavy (non-hydrogen) atoms. The molecular weight excluding hydrogens is 494 g/mol. The SMILES string of the molecule is C=CC(=O)N(C)C1CCN(c2ccn3ncnc(Nc4ccc(Oc5ccn6ncnc6c5)c(C)c4)c23)CC1. The van der Waals surface area contributed by atoms with E-state index in [4.69, 9.17) is 4.74 Å². The van der Waals surface area contributed by atoms with Crippen molar-refractivity contribution in [1.82, 2.24) is 34.1 Å². The summed E-state index contributed by atoms with van der Waals surface area (Å²) >= 11 is 0. The fraction of sp³-hybridized carbons (Fsp3) is 0.250. The lowest BCUT2D eigenvalue weighted by atomic mass is 10.0. The Kier molecular flexibility index (Phi) is 6.31.